The molecule has 0 aliphatic carbocycles. The van der Waals surface area contributed by atoms with Crippen molar-refractivity contribution in [3.63, 3.8) is 0 Å². The smallest absolute Gasteiger partial charge is 0.246 e. The van der Waals surface area contributed by atoms with Crippen molar-refractivity contribution in [1.29, 1.82) is 0 Å². The van der Waals surface area contributed by atoms with E-state index in [9.17, 15) is 20.4 Å². The van der Waals surface area contributed by atoms with Gasteiger partial charge in [0.05, 0.1) is 7.14 Å². The zero-order chi connectivity index (χ0) is 55.2. The summed E-state index contributed by atoms with van der Waals surface area (Å²) in [6.07, 6.45) is 0. The summed E-state index contributed by atoms with van der Waals surface area (Å²) in [7, 11) is 0. The zero-order valence-electron chi connectivity index (χ0n) is 43.7. The highest BCUT2D eigenvalue weighted by atomic mass is 127. The summed E-state index contributed by atoms with van der Waals surface area (Å²) in [5.74, 6) is 3.37. The largest absolute Gasteiger partial charge is 0.504 e. The first kappa shape index (κ1) is 53.5. The molecule has 13 rings (SSSR count). The van der Waals surface area contributed by atoms with Crippen LogP contribution in [-0.2, 0) is 0 Å². The molecule has 4 N–H and O–H groups in total. The fourth-order valence-corrected chi connectivity index (χ4v) is 13.4. The molecule has 6 aromatic carbocycles. The Morgan fingerprint density at radius 3 is 1.15 bits per heavy atom. The number of aryl methyl sites for hydroxylation is 1. The molecule has 4 aliphatic heterocycles. The van der Waals surface area contributed by atoms with Crippen LogP contribution >= 0.6 is 79.2 Å². The molecule has 0 unspecified atom stereocenters. The number of fused-ring (bicyclic) bond motifs is 4. The highest BCUT2D eigenvalue weighted by Crippen LogP contribution is 2.50. The Hall–Kier alpha value is -6.52. The molecule has 9 aromatic rings. The molecule has 3 aromatic heterocycles. The molecular weight excluding hydrogens is 1270 g/mol. The molecule has 0 saturated carbocycles. The molecule has 7 heterocycles. The van der Waals surface area contributed by atoms with Gasteiger partial charge >= 0.3 is 0 Å². The molecule has 0 atom stereocenters. The fraction of sp³-hybridized carbons (Fsp3) is 0.213. The normalized spacial score (nSPS) is 15.8. The monoisotopic (exact) mass is 1330 g/mol. The molecule has 0 bridgehead atoms. The van der Waals surface area contributed by atoms with Crippen molar-refractivity contribution >= 4 is 79.2 Å². The van der Waals surface area contributed by atoms with Crippen LogP contribution in [0.1, 0.15) is 61.0 Å². The Balaban J connectivity index is 0.000000125. The van der Waals surface area contributed by atoms with Gasteiger partial charge in [-0.2, -0.15) is 0 Å². The van der Waals surface area contributed by atoms with Gasteiger partial charge in [-0.3, -0.25) is 0 Å². The van der Waals surface area contributed by atoms with Crippen molar-refractivity contribution in [3.8, 4) is 132 Å². The average molecular weight is 1330 g/mol. The molecule has 0 saturated heterocycles. The van der Waals surface area contributed by atoms with Gasteiger partial charge in [0.25, 0.3) is 0 Å². The third kappa shape index (κ3) is 11.1. The number of hydrogen-bond acceptors (Lipinski definition) is 15. The van der Waals surface area contributed by atoms with Gasteiger partial charge in [-0.1, -0.05) is 0 Å². The summed E-state index contributed by atoms with van der Waals surface area (Å²) >= 11 is 9.24. The lowest BCUT2D eigenvalue weighted by Crippen LogP contribution is -2.29. The number of rotatable bonds is 6. The Bertz CT molecular complexity index is 3630. The predicted octanol–water partition coefficient (Wildman–Crippen LogP) is 17.6. The number of hydrogen-bond donors (Lipinski definition) is 4. The van der Waals surface area contributed by atoms with Crippen LogP contribution in [0.2, 0.25) is 0 Å². The van der Waals surface area contributed by atoms with Gasteiger partial charge in [0.15, 0.2) is 69.0 Å². The predicted molar refractivity (Wildman–Crippen MR) is 324 cm³/mol. The summed E-state index contributed by atoms with van der Waals surface area (Å²) in [6, 6.07) is 41.0. The lowest BCUT2D eigenvalue weighted by molar-refractivity contribution is -0.0440. The second-order valence-electron chi connectivity index (χ2n) is 20.7. The van der Waals surface area contributed by atoms with Crippen LogP contribution in [0, 0.1) is 14.1 Å². The fourth-order valence-electron chi connectivity index (χ4n) is 9.14. The van der Waals surface area contributed by atoms with E-state index in [1.165, 1.54) is 49.0 Å². The highest BCUT2D eigenvalue weighted by Gasteiger charge is 2.36. The number of phenolic OH excluding ortho intramolecular Hbond substituents is 4. The number of halogens is 2. The van der Waals surface area contributed by atoms with Crippen LogP contribution in [0.25, 0.3) is 62.6 Å². The maximum Gasteiger partial charge on any atom is 0.246 e. The number of thiophene rings is 3. The van der Waals surface area contributed by atoms with Crippen LogP contribution in [-0.4, -0.2) is 43.6 Å². The van der Waals surface area contributed by atoms with Crippen molar-refractivity contribution in [3.05, 3.63) is 140 Å². The van der Waals surface area contributed by atoms with Crippen molar-refractivity contribution in [2.24, 2.45) is 0 Å². The van der Waals surface area contributed by atoms with E-state index in [4.69, 9.17) is 37.9 Å². The van der Waals surface area contributed by atoms with Gasteiger partial charge in [-0.25, -0.2) is 0 Å². The summed E-state index contributed by atoms with van der Waals surface area (Å²) in [5, 5.41) is 38.3. The van der Waals surface area contributed by atoms with Crippen molar-refractivity contribution < 1.29 is 58.3 Å². The minimum absolute atomic E-state index is 0.121. The van der Waals surface area contributed by atoms with Crippen molar-refractivity contribution in [2.45, 2.75) is 85.5 Å². The number of aromatic hydroxyl groups is 4. The molecule has 4 aliphatic rings. The Morgan fingerprint density at radius 2 is 0.667 bits per heavy atom. The van der Waals surface area contributed by atoms with Crippen molar-refractivity contribution in [1.82, 2.24) is 0 Å². The quantitative estimate of drug-likeness (QED) is 0.0925. The minimum Gasteiger partial charge on any atom is -0.504 e. The zero-order valence-corrected chi connectivity index (χ0v) is 50.4. The van der Waals surface area contributed by atoms with Crippen LogP contribution in [0.5, 0.6) is 69.0 Å². The SMILES string of the molecule is CC1(C)Oc2ccc(-c3ccc(-c4cc(I)c5c(c4)OC(C)(C)O5)s3)cc2O1.Cc1cc(-c2ccc(-c3ccc4c(c3)OC(C)(C)O4)s2)cc2c1OC(C)(C)O2.Oc1ccc(-c2ccc(-c3cc(O)c(O)c(I)c3)s2)cc1O. The maximum atomic E-state index is 9.72. The molecular formula is C61H52I2O12S3. The molecule has 12 nitrogen and oxygen atoms in total. The summed E-state index contributed by atoms with van der Waals surface area (Å²) in [4.78, 5) is 6.58. The lowest BCUT2D eigenvalue weighted by atomic mass is 10.1. The van der Waals surface area contributed by atoms with Crippen LogP contribution in [0.15, 0.2) is 127 Å². The molecule has 0 radical (unpaired) electrons. The second kappa shape index (κ2) is 20.0. The summed E-state index contributed by atoms with van der Waals surface area (Å²) < 4.78 is 48.7. The van der Waals surface area contributed by atoms with E-state index < -0.39 is 23.1 Å². The van der Waals surface area contributed by atoms with E-state index >= 15 is 0 Å². The van der Waals surface area contributed by atoms with E-state index in [1.807, 2.05) is 114 Å². The van der Waals surface area contributed by atoms with Crippen LogP contribution in [0.3, 0.4) is 0 Å². The standard InChI is InChI=1S/C23H22O4S.C22H19IO4S.C16H11IO4S/c1-13-10-15(12-18-21(13)27-23(4,5)26-18)20-9-8-19(28-20)14-6-7-16-17(11-14)25-22(2,3)24-16;1-21(2)24-15-6-5-12(10-16(15)25-21)18-7-8-19(28-18)13-9-14(23)20-17(11-13)26-22(3,4)27-20;17-10-5-9(7-13(20)16(10)21)15-4-3-14(22-15)8-1-2-11(18)12(19)6-8/h6-12H,1-5H3;5-11H,1-4H3;1-7,18-21H. The number of ether oxygens (including phenoxy) is 8. The highest BCUT2D eigenvalue weighted by molar-refractivity contribution is 14.1. The Morgan fingerprint density at radius 1 is 0.321 bits per heavy atom. The van der Waals surface area contributed by atoms with E-state index in [0.29, 0.717) is 3.57 Å². The van der Waals surface area contributed by atoms with Gasteiger partial charge in [-0.15, -0.1) is 34.0 Å². The average Bonchev–Trinajstić information content (AvgIpc) is 4.35. The molecule has 400 valence electrons. The lowest BCUT2D eigenvalue weighted by Gasteiger charge is -2.16. The number of phenols is 4. The van der Waals surface area contributed by atoms with Crippen LogP contribution in [0.4, 0.5) is 0 Å². The Kier molecular flexibility index (Phi) is 13.7. The molecule has 17 heteroatoms. The van der Waals surface area contributed by atoms with E-state index in [-0.39, 0.29) is 23.0 Å². The maximum absolute atomic E-state index is 9.72. The van der Waals surface area contributed by atoms with E-state index in [0.717, 1.165) is 98.3 Å². The van der Waals surface area contributed by atoms with Gasteiger partial charge in [0.2, 0.25) is 23.1 Å². The second-order valence-corrected chi connectivity index (χ2v) is 26.2. The van der Waals surface area contributed by atoms with Gasteiger partial charge in [-0.05, 0) is 218 Å². The first-order chi connectivity index (χ1) is 36.8. The van der Waals surface area contributed by atoms with E-state index in [1.54, 1.807) is 34.8 Å². The van der Waals surface area contributed by atoms with Crippen molar-refractivity contribution in [2.75, 3.05) is 0 Å². The summed E-state index contributed by atoms with van der Waals surface area (Å²) in [5.41, 5.74) is 7.18. The first-order valence-electron chi connectivity index (χ1n) is 24.7. The molecule has 0 amide bonds. The third-order valence-corrected chi connectivity index (χ3v) is 17.7. The number of benzene rings is 6. The van der Waals surface area contributed by atoms with Crippen LogP contribution < -0.4 is 37.9 Å². The third-order valence-electron chi connectivity index (χ3n) is 12.5. The minimum atomic E-state index is -0.623. The molecule has 78 heavy (non-hydrogen) atoms. The Labute approximate surface area is 490 Å². The molecule has 0 spiro atoms. The van der Waals surface area contributed by atoms with Gasteiger partial charge < -0.3 is 58.3 Å². The first-order valence-corrected chi connectivity index (χ1v) is 29.3. The van der Waals surface area contributed by atoms with E-state index in [2.05, 4.69) is 90.2 Å². The van der Waals surface area contributed by atoms with Gasteiger partial charge in [0.1, 0.15) is 0 Å². The summed E-state index contributed by atoms with van der Waals surface area (Å²) in [6.45, 7) is 17.4. The molecule has 0 fully saturated rings. The van der Waals surface area contributed by atoms with Gasteiger partial charge in [0, 0.05) is 84.7 Å². The topological polar surface area (TPSA) is 155 Å².